The molecule has 0 amide bonds. The van der Waals surface area contributed by atoms with Crippen LogP contribution in [0.2, 0.25) is 0 Å². The Bertz CT molecular complexity index is 639. The second-order valence-corrected chi connectivity index (χ2v) is 5.21. The molecule has 0 unspecified atom stereocenters. The maximum Gasteiger partial charge on any atom is 0.418 e. The minimum Gasteiger partial charge on any atom is -0.398 e. The fraction of sp³-hybridized carbons (Fsp3) is 0.143. The van der Waals surface area contributed by atoms with Crippen LogP contribution in [0.3, 0.4) is 0 Å². The van der Waals surface area contributed by atoms with E-state index in [4.69, 9.17) is 5.73 Å². The third-order valence-corrected chi connectivity index (χ3v) is 3.51. The van der Waals surface area contributed by atoms with Crippen molar-refractivity contribution < 1.29 is 13.2 Å². The van der Waals surface area contributed by atoms with Crippen LogP contribution in [0.15, 0.2) is 40.9 Å². The molecule has 3 N–H and O–H groups in total. The molecule has 0 saturated heterocycles. The zero-order valence-corrected chi connectivity index (χ0v) is 12.1. The van der Waals surface area contributed by atoms with Gasteiger partial charge in [0.1, 0.15) is 0 Å². The zero-order valence-electron chi connectivity index (χ0n) is 10.6. The van der Waals surface area contributed by atoms with Crippen molar-refractivity contribution >= 4 is 33.0 Å². The van der Waals surface area contributed by atoms with Crippen LogP contribution < -0.4 is 11.1 Å². The molecule has 2 aromatic rings. The molecular weight excluding hydrogens is 333 g/mol. The SMILES string of the molecule is Cc1cc(Nc2ccccc2C(F)(F)F)c(Br)cc1N. The summed E-state index contributed by atoms with van der Waals surface area (Å²) in [6.45, 7) is 1.79. The molecule has 20 heavy (non-hydrogen) atoms. The van der Waals surface area contributed by atoms with Crippen molar-refractivity contribution in [1.82, 2.24) is 0 Å². The number of nitrogens with one attached hydrogen (secondary N) is 1. The summed E-state index contributed by atoms with van der Waals surface area (Å²) in [6, 6.07) is 8.70. The fourth-order valence-electron chi connectivity index (χ4n) is 1.78. The van der Waals surface area contributed by atoms with Crippen LogP contribution in [0.25, 0.3) is 0 Å². The number of para-hydroxylation sites is 1. The molecule has 106 valence electrons. The van der Waals surface area contributed by atoms with Gasteiger partial charge in [-0.25, -0.2) is 0 Å². The number of halogens is 4. The van der Waals surface area contributed by atoms with Crippen LogP contribution in [0.4, 0.5) is 30.2 Å². The molecule has 0 saturated carbocycles. The molecule has 6 heteroatoms. The van der Waals surface area contributed by atoms with Crippen molar-refractivity contribution in [1.29, 1.82) is 0 Å². The highest BCUT2D eigenvalue weighted by molar-refractivity contribution is 9.10. The second-order valence-electron chi connectivity index (χ2n) is 4.36. The molecule has 0 heterocycles. The second kappa shape index (κ2) is 5.36. The molecule has 2 aromatic carbocycles. The summed E-state index contributed by atoms with van der Waals surface area (Å²) >= 11 is 3.29. The normalized spacial score (nSPS) is 11.4. The Morgan fingerprint density at radius 1 is 1.10 bits per heavy atom. The van der Waals surface area contributed by atoms with Gasteiger partial charge in [0.25, 0.3) is 0 Å². The number of aryl methyl sites for hydroxylation is 1. The number of hydrogen-bond donors (Lipinski definition) is 2. The number of hydrogen-bond acceptors (Lipinski definition) is 2. The highest BCUT2D eigenvalue weighted by Gasteiger charge is 2.33. The molecular formula is C14H12BrF3N2. The maximum atomic E-state index is 12.9. The third kappa shape index (κ3) is 3.07. The van der Waals surface area contributed by atoms with Crippen LogP contribution in [0.1, 0.15) is 11.1 Å². The summed E-state index contributed by atoms with van der Waals surface area (Å²) in [4.78, 5) is 0. The van der Waals surface area contributed by atoms with Gasteiger partial charge in [-0.15, -0.1) is 0 Å². The summed E-state index contributed by atoms with van der Waals surface area (Å²) in [5, 5.41) is 2.79. The maximum absolute atomic E-state index is 12.9. The van der Waals surface area contributed by atoms with Crippen molar-refractivity contribution in [3.63, 3.8) is 0 Å². The molecule has 0 bridgehead atoms. The van der Waals surface area contributed by atoms with Gasteiger partial charge in [-0.3, -0.25) is 0 Å². The van der Waals surface area contributed by atoms with Crippen LogP contribution in [0, 0.1) is 6.92 Å². The lowest BCUT2D eigenvalue weighted by Crippen LogP contribution is -2.08. The van der Waals surface area contributed by atoms with E-state index >= 15 is 0 Å². The van der Waals surface area contributed by atoms with Crippen molar-refractivity contribution in [2.45, 2.75) is 13.1 Å². The van der Waals surface area contributed by atoms with E-state index in [1.807, 2.05) is 0 Å². The first-order valence-corrected chi connectivity index (χ1v) is 6.57. The quantitative estimate of drug-likeness (QED) is 0.743. The number of anilines is 3. The zero-order chi connectivity index (χ0) is 14.9. The Morgan fingerprint density at radius 3 is 2.40 bits per heavy atom. The fourth-order valence-corrected chi connectivity index (χ4v) is 2.24. The molecule has 0 fully saturated rings. The number of nitrogens with two attached hydrogens (primary N) is 1. The van der Waals surface area contributed by atoms with Crippen LogP contribution in [-0.4, -0.2) is 0 Å². The molecule has 0 radical (unpaired) electrons. The molecule has 0 spiro atoms. The van der Waals surface area contributed by atoms with E-state index in [2.05, 4.69) is 21.2 Å². The first-order valence-electron chi connectivity index (χ1n) is 5.78. The van der Waals surface area contributed by atoms with E-state index < -0.39 is 11.7 Å². The molecule has 0 aliphatic rings. The number of benzene rings is 2. The highest BCUT2D eigenvalue weighted by Crippen LogP contribution is 2.37. The largest absolute Gasteiger partial charge is 0.418 e. The lowest BCUT2D eigenvalue weighted by molar-refractivity contribution is -0.136. The van der Waals surface area contributed by atoms with Crippen LogP contribution >= 0.6 is 15.9 Å². The third-order valence-electron chi connectivity index (χ3n) is 2.86. The Morgan fingerprint density at radius 2 is 1.75 bits per heavy atom. The summed E-state index contributed by atoms with van der Waals surface area (Å²) in [5.74, 6) is 0. The van der Waals surface area contributed by atoms with E-state index in [1.54, 1.807) is 25.1 Å². The van der Waals surface area contributed by atoms with Crippen LogP contribution in [-0.2, 0) is 6.18 Å². The van der Waals surface area contributed by atoms with E-state index in [9.17, 15) is 13.2 Å². The summed E-state index contributed by atoms with van der Waals surface area (Å²) in [7, 11) is 0. The lowest BCUT2D eigenvalue weighted by atomic mass is 10.1. The predicted octanol–water partition coefficient (Wildman–Crippen LogP) is 5.10. The van der Waals surface area contributed by atoms with Gasteiger partial charge < -0.3 is 11.1 Å². The van der Waals surface area contributed by atoms with Gasteiger partial charge in [-0.05, 0) is 52.7 Å². The van der Waals surface area contributed by atoms with Gasteiger partial charge in [-0.1, -0.05) is 12.1 Å². The summed E-state index contributed by atoms with van der Waals surface area (Å²) < 4.78 is 39.4. The van der Waals surface area contributed by atoms with Gasteiger partial charge in [0.15, 0.2) is 0 Å². The van der Waals surface area contributed by atoms with Gasteiger partial charge in [0.2, 0.25) is 0 Å². The minimum absolute atomic E-state index is 0.00451. The summed E-state index contributed by atoms with van der Waals surface area (Å²) in [6.07, 6.45) is -4.40. The van der Waals surface area contributed by atoms with E-state index in [0.717, 1.165) is 11.6 Å². The van der Waals surface area contributed by atoms with E-state index in [-0.39, 0.29) is 5.69 Å². The molecule has 2 nitrogen and oxygen atoms in total. The Balaban J connectivity index is 2.43. The van der Waals surface area contributed by atoms with Gasteiger partial charge in [-0.2, -0.15) is 13.2 Å². The first kappa shape index (κ1) is 14.7. The van der Waals surface area contributed by atoms with Crippen molar-refractivity contribution in [2.75, 3.05) is 11.1 Å². The van der Waals surface area contributed by atoms with Gasteiger partial charge in [0.05, 0.1) is 16.9 Å². The standard InChI is InChI=1S/C14H12BrF3N2/c1-8-6-13(10(15)7-11(8)19)20-12-5-3-2-4-9(12)14(16,17)18/h2-7,20H,19H2,1H3. The van der Waals surface area contributed by atoms with Gasteiger partial charge >= 0.3 is 6.18 Å². The minimum atomic E-state index is -4.40. The van der Waals surface area contributed by atoms with Crippen LogP contribution in [0.5, 0.6) is 0 Å². The Hall–Kier alpha value is -1.69. The molecule has 0 aliphatic carbocycles. The topological polar surface area (TPSA) is 38.0 Å². The van der Waals surface area contributed by atoms with E-state index in [0.29, 0.717) is 15.8 Å². The Labute approximate surface area is 122 Å². The van der Waals surface area contributed by atoms with Crippen molar-refractivity contribution in [2.24, 2.45) is 0 Å². The molecule has 0 aliphatic heterocycles. The molecule has 2 rings (SSSR count). The van der Waals surface area contributed by atoms with E-state index in [1.165, 1.54) is 12.1 Å². The average Bonchev–Trinajstić information content (AvgIpc) is 2.35. The first-order chi connectivity index (χ1) is 9.29. The average molecular weight is 345 g/mol. The molecule has 0 aromatic heterocycles. The van der Waals surface area contributed by atoms with Gasteiger partial charge in [0, 0.05) is 10.2 Å². The monoisotopic (exact) mass is 344 g/mol. The Kier molecular flexibility index (Phi) is 3.94. The smallest absolute Gasteiger partial charge is 0.398 e. The van der Waals surface area contributed by atoms with Crippen molar-refractivity contribution in [3.8, 4) is 0 Å². The lowest BCUT2D eigenvalue weighted by Gasteiger charge is -2.16. The number of nitrogen functional groups attached to an aromatic ring is 1. The predicted molar refractivity (Wildman–Crippen MR) is 78.0 cm³/mol. The molecule has 0 atom stereocenters. The number of alkyl halides is 3. The summed E-state index contributed by atoms with van der Waals surface area (Å²) in [5.41, 5.74) is 6.94. The number of rotatable bonds is 2. The highest BCUT2D eigenvalue weighted by atomic mass is 79.9. The van der Waals surface area contributed by atoms with Crippen molar-refractivity contribution in [3.05, 3.63) is 52.0 Å².